The maximum absolute atomic E-state index is 12.7. The van der Waals surface area contributed by atoms with E-state index in [-0.39, 0.29) is 23.1 Å². The van der Waals surface area contributed by atoms with Crippen LogP contribution in [0.4, 0.5) is 0 Å². The van der Waals surface area contributed by atoms with E-state index in [4.69, 9.17) is 0 Å². The van der Waals surface area contributed by atoms with Gasteiger partial charge in [-0.05, 0) is 31.4 Å². The van der Waals surface area contributed by atoms with Crippen molar-refractivity contribution in [3.63, 3.8) is 0 Å². The van der Waals surface area contributed by atoms with Crippen LogP contribution in [0.15, 0.2) is 23.0 Å². The first kappa shape index (κ1) is 17.4. The highest BCUT2D eigenvalue weighted by Crippen LogP contribution is 2.17. The molecule has 2 aromatic rings. The lowest BCUT2D eigenvalue weighted by Crippen LogP contribution is -2.51. The van der Waals surface area contributed by atoms with Gasteiger partial charge in [-0.15, -0.1) is 0 Å². The van der Waals surface area contributed by atoms with Crippen molar-refractivity contribution in [3.8, 4) is 0 Å². The molecule has 0 spiro atoms. The number of piperazine rings is 1. The number of amides is 2. The van der Waals surface area contributed by atoms with E-state index in [0.29, 0.717) is 31.9 Å². The van der Waals surface area contributed by atoms with Crippen LogP contribution in [0.25, 0.3) is 0 Å². The van der Waals surface area contributed by atoms with Crippen LogP contribution in [-0.4, -0.2) is 67.4 Å². The van der Waals surface area contributed by atoms with Crippen LogP contribution in [0.2, 0.25) is 0 Å². The molecule has 1 fully saturated rings. The first-order chi connectivity index (χ1) is 13.0. The van der Waals surface area contributed by atoms with E-state index in [1.54, 1.807) is 9.80 Å². The summed E-state index contributed by atoms with van der Waals surface area (Å²) in [5.41, 5.74) is 1.59. The minimum absolute atomic E-state index is 0.0794. The fourth-order valence-electron chi connectivity index (χ4n) is 3.58. The fraction of sp³-hybridized carbons (Fsp3) is 0.500. The van der Waals surface area contributed by atoms with E-state index in [1.807, 2.05) is 10.7 Å². The van der Waals surface area contributed by atoms with Crippen molar-refractivity contribution in [2.45, 2.75) is 25.8 Å². The van der Waals surface area contributed by atoms with Gasteiger partial charge in [-0.1, -0.05) is 0 Å². The first-order valence-electron chi connectivity index (χ1n) is 9.22. The molecular weight excluding hydrogens is 348 g/mol. The third-order valence-electron chi connectivity index (χ3n) is 5.17. The Labute approximate surface area is 156 Å². The maximum atomic E-state index is 12.7. The predicted molar refractivity (Wildman–Crippen MR) is 96.5 cm³/mol. The highest BCUT2D eigenvalue weighted by atomic mass is 16.2. The minimum atomic E-state index is -0.260. The lowest BCUT2D eigenvalue weighted by molar-refractivity contribution is 0.0527. The van der Waals surface area contributed by atoms with Crippen LogP contribution in [0.3, 0.4) is 0 Å². The molecule has 4 rings (SSSR count). The number of nitrogens with zero attached hydrogens (tertiary/aromatic N) is 6. The summed E-state index contributed by atoms with van der Waals surface area (Å²) in [5, 5.41) is 8.45. The average molecular weight is 370 g/mol. The van der Waals surface area contributed by atoms with Crippen molar-refractivity contribution in [2.24, 2.45) is 7.05 Å². The second-order valence-corrected chi connectivity index (χ2v) is 6.97. The van der Waals surface area contributed by atoms with Gasteiger partial charge >= 0.3 is 0 Å². The highest BCUT2D eigenvalue weighted by molar-refractivity contribution is 5.94. The van der Waals surface area contributed by atoms with Gasteiger partial charge in [0.1, 0.15) is 5.69 Å². The summed E-state index contributed by atoms with van der Waals surface area (Å²) < 4.78 is 3.08. The number of carbonyl (C=O) groups excluding carboxylic acids is 2. The molecule has 0 bridgehead atoms. The van der Waals surface area contributed by atoms with Crippen LogP contribution in [0, 0.1) is 0 Å². The summed E-state index contributed by atoms with van der Waals surface area (Å²) in [6.07, 6.45) is 3.20. The van der Waals surface area contributed by atoms with Gasteiger partial charge in [0.15, 0.2) is 5.69 Å². The Kier molecular flexibility index (Phi) is 4.51. The van der Waals surface area contributed by atoms with Gasteiger partial charge in [0.25, 0.3) is 17.4 Å². The molecule has 1 saturated heterocycles. The molecule has 2 amide bonds. The molecule has 4 heterocycles. The summed E-state index contributed by atoms with van der Waals surface area (Å²) in [4.78, 5) is 40.1. The Morgan fingerprint density at radius 2 is 1.56 bits per heavy atom. The third kappa shape index (κ3) is 3.36. The van der Waals surface area contributed by atoms with Gasteiger partial charge in [0.05, 0.1) is 0 Å². The Balaban J connectivity index is 1.40. The summed E-state index contributed by atoms with van der Waals surface area (Å²) in [6, 6.07) is 4.67. The second-order valence-electron chi connectivity index (χ2n) is 6.97. The van der Waals surface area contributed by atoms with E-state index < -0.39 is 0 Å². The summed E-state index contributed by atoms with van der Waals surface area (Å²) in [7, 11) is 1.51. The van der Waals surface area contributed by atoms with E-state index in [1.165, 1.54) is 19.2 Å². The molecule has 2 aromatic heterocycles. The van der Waals surface area contributed by atoms with Crippen LogP contribution in [-0.2, 0) is 20.0 Å². The zero-order valence-corrected chi connectivity index (χ0v) is 15.3. The van der Waals surface area contributed by atoms with E-state index >= 15 is 0 Å². The van der Waals surface area contributed by atoms with Crippen molar-refractivity contribution < 1.29 is 9.59 Å². The topological polar surface area (TPSA) is 93.3 Å². The normalized spacial score (nSPS) is 16.9. The number of hydrogen-bond acceptors (Lipinski definition) is 5. The molecule has 0 aromatic carbocycles. The SMILES string of the molecule is Cn1nc(C(=O)N2CCN(C(=O)c3cc4n(n3)CCCC4)CC2)ccc1=O. The molecule has 0 aliphatic carbocycles. The Bertz CT molecular complexity index is 915. The largest absolute Gasteiger partial charge is 0.334 e. The molecule has 0 radical (unpaired) electrons. The monoisotopic (exact) mass is 370 g/mol. The van der Waals surface area contributed by atoms with Crippen molar-refractivity contribution in [3.05, 3.63) is 45.6 Å². The number of aromatic nitrogens is 4. The standard InChI is InChI=1S/C18H22N6O3/c1-21-16(25)6-5-14(19-21)17(26)22-8-10-23(11-9-22)18(27)15-12-13-4-2-3-7-24(13)20-15/h5-6,12H,2-4,7-11H2,1H3. The molecule has 0 saturated carbocycles. The van der Waals surface area contributed by atoms with E-state index in [2.05, 4.69) is 10.2 Å². The molecule has 142 valence electrons. The third-order valence-corrected chi connectivity index (χ3v) is 5.17. The van der Waals surface area contributed by atoms with Crippen molar-refractivity contribution in [1.29, 1.82) is 0 Å². The number of aryl methyl sites for hydroxylation is 3. The highest BCUT2D eigenvalue weighted by Gasteiger charge is 2.28. The molecule has 0 N–H and O–H groups in total. The van der Waals surface area contributed by atoms with Gasteiger partial charge in [-0.2, -0.15) is 10.2 Å². The lowest BCUT2D eigenvalue weighted by atomic mass is 10.1. The van der Waals surface area contributed by atoms with E-state index in [0.717, 1.165) is 36.2 Å². The summed E-state index contributed by atoms with van der Waals surface area (Å²) in [5.74, 6) is -0.306. The molecule has 9 nitrogen and oxygen atoms in total. The van der Waals surface area contributed by atoms with Crippen LogP contribution in [0.1, 0.15) is 39.5 Å². The molecule has 27 heavy (non-hydrogen) atoms. The van der Waals surface area contributed by atoms with Crippen LogP contribution in [0.5, 0.6) is 0 Å². The summed E-state index contributed by atoms with van der Waals surface area (Å²) >= 11 is 0. The number of hydrogen-bond donors (Lipinski definition) is 0. The van der Waals surface area contributed by atoms with Gasteiger partial charge in [-0.3, -0.25) is 19.1 Å². The van der Waals surface area contributed by atoms with Gasteiger partial charge in [0.2, 0.25) is 0 Å². The number of carbonyl (C=O) groups is 2. The van der Waals surface area contributed by atoms with Crippen LogP contribution < -0.4 is 5.56 Å². The van der Waals surface area contributed by atoms with Crippen molar-refractivity contribution in [2.75, 3.05) is 26.2 Å². The Morgan fingerprint density at radius 1 is 0.889 bits per heavy atom. The fourth-order valence-corrected chi connectivity index (χ4v) is 3.58. The summed E-state index contributed by atoms with van der Waals surface area (Å²) in [6.45, 7) is 2.65. The van der Waals surface area contributed by atoms with Gasteiger partial charge in [-0.25, -0.2) is 4.68 Å². The van der Waals surface area contributed by atoms with Gasteiger partial charge < -0.3 is 9.80 Å². The zero-order chi connectivity index (χ0) is 19.0. The molecule has 0 atom stereocenters. The number of fused-ring (bicyclic) bond motifs is 1. The molecule has 2 aliphatic heterocycles. The molecule has 9 heteroatoms. The van der Waals surface area contributed by atoms with Crippen molar-refractivity contribution >= 4 is 11.8 Å². The van der Waals surface area contributed by atoms with Crippen LogP contribution >= 0.6 is 0 Å². The van der Waals surface area contributed by atoms with Crippen molar-refractivity contribution in [1.82, 2.24) is 29.4 Å². The quantitative estimate of drug-likeness (QED) is 0.737. The Hall–Kier alpha value is -2.97. The average Bonchev–Trinajstić information content (AvgIpc) is 3.13. The van der Waals surface area contributed by atoms with E-state index in [9.17, 15) is 14.4 Å². The molecular formula is C18H22N6O3. The Morgan fingerprint density at radius 3 is 2.19 bits per heavy atom. The maximum Gasteiger partial charge on any atom is 0.274 e. The predicted octanol–water partition coefficient (Wildman–Crippen LogP) is -0.0887. The smallest absolute Gasteiger partial charge is 0.274 e. The zero-order valence-electron chi connectivity index (χ0n) is 15.3. The second kappa shape index (κ2) is 6.98. The molecule has 2 aliphatic rings. The minimum Gasteiger partial charge on any atom is -0.334 e. The number of rotatable bonds is 2. The van der Waals surface area contributed by atoms with Gasteiger partial charge in [0, 0.05) is 51.5 Å². The lowest BCUT2D eigenvalue weighted by Gasteiger charge is -2.34. The first-order valence-corrected chi connectivity index (χ1v) is 9.22. The molecule has 0 unspecified atom stereocenters.